The van der Waals surface area contributed by atoms with Crippen molar-refractivity contribution < 1.29 is 4.74 Å². The first kappa shape index (κ1) is 15.3. The van der Waals surface area contributed by atoms with Crippen molar-refractivity contribution in [3.63, 3.8) is 0 Å². The van der Waals surface area contributed by atoms with Crippen molar-refractivity contribution >= 4 is 16.9 Å². The molecule has 1 spiro atoms. The summed E-state index contributed by atoms with van der Waals surface area (Å²) >= 11 is 0. The van der Waals surface area contributed by atoms with Gasteiger partial charge in [-0.2, -0.15) is 15.3 Å². The zero-order chi connectivity index (χ0) is 17.9. The number of anilines is 1. The predicted molar refractivity (Wildman–Crippen MR) is 95.4 cm³/mol. The molecule has 26 heavy (non-hydrogen) atoms. The van der Waals surface area contributed by atoms with Crippen LogP contribution in [0, 0.1) is 16.7 Å². The van der Waals surface area contributed by atoms with E-state index >= 15 is 0 Å². The van der Waals surface area contributed by atoms with Crippen LogP contribution in [-0.2, 0) is 16.8 Å². The number of aromatic nitrogens is 4. The van der Waals surface area contributed by atoms with Gasteiger partial charge in [-0.05, 0) is 36.3 Å². The van der Waals surface area contributed by atoms with Crippen LogP contribution in [0.25, 0.3) is 16.7 Å². The van der Waals surface area contributed by atoms with E-state index in [0.29, 0.717) is 18.1 Å². The molecule has 7 heteroatoms. The summed E-state index contributed by atoms with van der Waals surface area (Å²) in [5, 5.41) is 15.3. The van der Waals surface area contributed by atoms with Crippen LogP contribution in [0.2, 0.25) is 0 Å². The Balaban J connectivity index is 1.64. The van der Waals surface area contributed by atoms with Gasteiger partial charge in [0.15, 0.2) is 5.82 Å². The average Bonchev–Trinajstić information content (AvgIpc) is 3.50. The molecule has 5 rings (SSSR count). The Bertz CT molecular complexity index is 1080. The lowest BCUT2D eigenvalue weighted by molar-refractivity contribution is 0.181. The summed E-state index contributed by atoms with van der Waals surface area (Å²) in [4.78, 5) is 8.50. The Morgan fingerprint density at radius 3 is 2.85 bits per heavy atom. The number of methoxy groups -OCH3 is 1. The number of nitriles is 1. The van der Waals surface area contributed by atoms with Gasteiger partial charge in [0.1, 0.15) is 0 Å². The molecule has 0 unspecified atom stereocenters. The highest BCUT2D eigenvalue weighted by Gasteiger charge is 2.75. The van der Waals surface area contributed by atoms with Crippen molar-refractivity contribution in [2.45, 2.75) is 31.3 Å². The molecule has 2 N–H and O–H groups in total. The van der Waals surface area contributed by atoms with Crippen molar-refractivity contribution in [1.82, 2.24) is 19.7 Å². The van der Waals surface area contributed by atoms with Gasteiger partial charge in [-0.3, -0.25) is 0 Å². The SMILES string of the molecule is COCc1cc(-n2ncc3ccc([C@]4(C#N)CC45CC5)cc32)nc(N)n1. The Labute approximate surface area is 150 Å². The molecule has 130 valence electrons. The number of nitrogen functional groups attached to an aromatic ring is 1. The number of rotatable bonds is 4. The van der Waals surface area contributed by atoms with Crippen LogP contribution in [0.4, 0.5) is 5.95 Å². The zero-order valence-corrected chi connectivity index (χ0v) is 14.4. The summed E-state index contributed by atoms with van der Waals surface area (Å²) in [5.41, 5.74) is 8.44. The summed E-state index contributed by atoms with van der Waals surface area (Å²) in [6.07, 6.45) is 5.07. The molecule has 2 aromatic heterocycles. The number of fused-ring (bicyclic) bond motifs is 1. The molecule has 2 saturated carbocycles. The summed E-state index contributed by atoms with van der Waals surface area (Å²) < 4.78 is 6.90. The van der Waals surface area contributed by atoms with Gasteiger partial charge in [-0.1, -0.05) is 12.1 Å². The Hall–Kier alpha value is -2.98. The Morgan fingerprint density at radius 2 is 2.15 bits per heavy atom. The monoisotopic (exact) mass is 346 g/mol. The van der Waals surface area contributed by atoms with Gasteiger partial charge in [-0.25, -0.2) is 9.67 Å². The van der Waals surface area contributed by atoms with Gasteiger partial charge < -0.3 is 10.5 Å². The van der Waals surface area contributed by atoms with Crippen molar-refractivity contribution in [1.29, 1.82) is 5.26 Å². The summed E-state index contributed by atoms with van der Waals surface area (Å²) in [7, 11) is 1.61. The van der Waals surface area contributed by atoms with Gasteiger partial charge in [0.05, 0.1) is 35.5 Å². The second-order valence-corrected chi connectivity index (χ2v) is 7.31. The average molecular weight is 346 g/mol. The maximum Gasteiger partial charge on any atom is 0.222 e. The molecule has 2 heterocycles. The van der Waals surface area contributed by atoms with Crippen molar-refractivity contribution in [3.8, 4) is 11.9 Å². The van der Waals surface area contributed by atoms with Crippen LogP contribution in [0.5, 0.6) is 0 Å². The molecule has 1 atom stereocenters. The molecule has 0 saturated heterocycles. The smallest absolute Gasteiger partial charge is 0.222 e. The molecule has 0 amide bonds. The summed E-state index contributed by atoms with van der Waals surface area (Å²) in [5.74, 6) is 0.779. The Kier molecular flexibility index (Phi) is 2.95. The van der Waals surface area contributed by atoms with Gasteiger partial charge in [0.25, 0.3) is 0 Å². The highest BCUT2D eigenvalue weighted by Crippen LogP contribution is 2.78. The van der Waals surface area contributed by atoms with Crippen molar-refractivity contribution in [2.75, 3.05) is 12.8 Å². The van der Waals surface area contributed by atoms with Crippen LogP contribution in [0.15, 0.2) is 30.5 Å². The highest BCUT2D eigenvalue weighted by molar-refractivity contribution is 5.81. The van der Waals surface area contributed by atoms with Crippen molar-refractivity contribution in [2.24, 2.45) is 5.41 Å². The standard InChI is InChI=1S/C19H18N6O/c1-26-9-14-7-16(24-17(21)23-14)25-15-6-13(3-2-12(15)8-22-25)19(11-20)10-18(19)4-5-18/h2-3,6-8H,4-5,9-10H2,1H3,(H2,21,23,24)/t19-/m1/s1. The molecule has 0 bridgehead atoms. The van der Waals surface area contributed by atoms with Crippen LogP contribution in [0.3, 0.4) is 0 Å². The normalized spacial score (nSPS) is 22.5. The third-order valence-corrected chi connectivity index (χ3v) is 5.78. The molecule has 0 aliphatic heterocycles. The minimum absolute atomic E-state index is 0.182. The fourth-order valence-corrected chi connectivity index (χ4v) is 4.15. The van der Waals surface area contributed by atoms with E-state index in [1.165, 1.54) is 0 Å². The van der Waals surface area contributed by atoms with Gasteiger partial charge in [0, 0.05) is 18.6 Å². The molecule has 0 radical (unpaired) electrons. The number of hydrogen-bond acceptors (Lipinski definition) is 6. The third-order valence-electron chi connectivity index (χ3n) is 5.78. The first-order valence-corrected chi connectivity index (χ1v) is 8.63. The van der Waals surface area contributed by atoms with Crippen LogP contribution >= 0.6 is 0 Å². The van der Waals surface area contributed by atoms with Crippen LogP contribution in [-0.4, -0.2) is 26.9 Å². The quantitative estimate of drug-likeness (QED) is 0.778. The molecule has 2 fully saturated rings. The van der Waals surface area contributed by atoms with E-state index in [1.807, 2.05) is 12.1 Å². The minimum Gasteiger partial charge on any atom is -0.378 e. The molecule has 7 nitrogen and oxygen atoms in total. The largest absolute Gasteiger partial charge is 0.378 e. The number of nitrogens with two attached hydrogens (primary N) is 1. The van der Waals surface area contributed by atoms with Crippen molar-refractivity contribution in [3.05, 3.63) is 41.7 Å². The number of hydrogen-bond donors (Lipinski definition) is 1. The second-order valence-electron chi connectivity index (χ2n) is 7.31. The van der Waals surface area contributed by atoms with Gasteiger partial charge in [0.2, 0.25) is 5.95 Å². The highest BCUT2D eigenvalue weighted by atomic mass is 16.5. The van der Waals surface area contributed by atoms with Gasteiger partial charge in [-0.15, -0.1) is 0 Å². The van der Waals surface area contributed by atoms with Crippen LogP contribution in [0.1, 0.15) is 30.5 Å². The Morgan fingerprint density at radius 1 is 1.31 bits per heavy atom. The zero-order valence-electron chi connectivity index (χ0n) is 14.4. The maximum atomic E-state index is 9.80. The molecule has 3 aromatic rings. The topological polar surface area (TPSA) is 103 Å². The maximum absolute atomic E-state index is 9.80. The van der Waals surface area contributed by atoms with E-state index in [0.717, 1.165) is 35.7 Å². The lowest BCUT2D eigenvalue weighted by atomic mass is 9.93. The first-order chi connectivity index (χ1) is 12.6. The van der Waals surface area contributed by atoms with E-state index in [1.54, 1.807) is 18.0 Å². The summed E-state index contributed by atoms with van der Waals surface area (Å²) in [6, 6.07) is 10.6. The van der Waals surface area contributed by atoms with E-state index in [-0.39, 0.29) is 16.8 Å². The predicted octanol–water partition coefficient (Wildman–Crippen LogP) is 2.49. The number of benzene rings is 1. The molecule has 2 aliphatic rings. The van der Waals surface area contributed by atoms with E-state index in [4.69, 9.17) is 10.5 Å². The molecule has 1 aromatic carbocycles. The molecular formula is C19H18N6O. The fraction of sp³-hybridized carbons (Fsp3) is 0.368. The fourth-order valence-electron chi connectivity index (χ4n) is 4.15. The van der Waals surface area contributed by atoms with E-state index in [9.17, 15) is 5.26 Å². The van der Waals surface area contributed by atoms with Crippen LogP contribution < -0.4 is 5.73 Å². The molecular weight excluding hydrogens is 328 g/mol. The molecule has 2 aliphatic carbocycles. The van der Waals surface area contributed by atoms with Gasteiger partial charge >= 0.3 is 0 Å². The number of nitrogens with zero attached hydrogens (tertiary/aromatic N) is 5. The second kappa shape index (κ2) is 5.02. The lowest BCUT2D eigenvalue weighted by Gasteiger charge is -2.10. The van der Waals surface area contributed by atoms with E-state index in [2.05, 4.69) is 33.3 Å². The number of ether oxygens (including phenoxy) is 1. The minimum atomic E-state index is -0.331. The first-order valence-electron chi connectivity index (χ1n) is 8.63. The summed E-state index contributed by atoms with van der Waals surface area (Å²) in [6.45, 7) is 0.351. The third kappa shape index (κ3) is 1.99. The lowest BCUT2D eigenvalue weighted by Crippen LogP contribution is -2.09. The van der Waals surface area contributed by atoms with E-state index < -0.39 is 0 Å².